The van der Waals surface area contributed by atoms with Crippen LogP contribution in [0.1, 0.15) is 8.29 Å². The van der Waals surface area contributed by atoms with Crippen LogP contribution < -0.4 is 5.43 Å². The predicted molar refractivity (Wildman–Crippen MR) is 42.0 cm³/mol. The van der Waals surface area contributed by atoms with E-state index in [1.807, 2.05) is 6.92 Å². The lowest BCUT2D eigenvalue weighted by Crippen LogP contribution is -2.28. The van der Waals surface area contributed by atoms with Gasteiger partial charge in [0.05, 0.1) is 6.61 Å². The van der Waals surface area contributed by atoms with E-state index < -0.39 is 0 Å². The lowest BCUT2D eigenvalue weighted by molar-refractivity contribution is 0.140. The first-order chi connectivity index (χ1) is 4.81. The minimum Gasteiger partial charge on any atom is -0.380 e. The molecular formula is C5H15N2OP. The Kier molecular flexibility index (Phi) is 5.30. The highest BCUT2D eigenvalue weighted by Gasteiger charge is 1.85. The van der Waals surface area contributed by atoms with Crippen molar-refractivity contribution in [2.45, 2.75) is 6.92 Å². The molecule has 9 heavy (non-hydrogen) atoms. The van der Waals surface area contributed by atoms with Crippen LogP contribution in [0, 0.1) is 0 Å². The van der Waals surface area contributed by atoms with Crippen molar-refractivity contribution in [1.29, 1.82) is 0 Å². The van der Waals surface area contributed by atoms with Gasteiger partial charge in [-0.05, 0) is 16.3 Å². The van der Waals surface area contributed by atoms with Crippen LogP contribution in [-0.4, -0.2) is 31.6 Å². The topological polar surface area (TPSA) is 24.5 Å². The molecule has 0 fully saturated rings. The van der Waals surface area contributed by atoms with E-state index in [9.17, 15) is 0 Å². The summed E-state index contributed by atoms with van der Waals surface area (Å²) in [5.74, 6) is 0. The molecule has 0 saturated carbocycles. The van der Waals surface area contributed by atoms with Gasteiger partial charge in [-0.3, -0.25) is 5.43 Å². The van der Waals surface area contributed by atoms with Crippen molar-refractivity contribution in [3.63, 3.8) is 0 Å². The molecular weight excluding hydrogens is 135 g/mol. The summed E-state index contributed by atoms with van der Waals surface area (Å²) in [5, 5.41) is 0. The summed E-state index contributed by atoms with van der Waals surface area (Å²) in [6.45, 7) is 4.17. The molecule has 0 radical (unpaired) electrons. The van der Waals surface area contributed by atoms with Crippen molar-refractivity contribution in [3.05, 3.63) is 0 Å². The van der Waals surface area contributed by atoms with Gasteiger partial charge in [0.2, 0.25) is 0 Å². The standard InChI is InChI=1S/C5H15N2OP/c1-3-8-5-4-6-7(2)9/h6H,3-5,9H2,1-2H3/i2D. The Balaban J connectivity index is 2.89. The fourth-order valence-corrected chi connectivity index (χ4v) is 0.535. The molecule has 0 bridgehead atoms. The average Bonchev–Trinajstić information content (AvgIpc) is 1.98. The van der Waals surface area contributed by atoms with Crippen molar-refractivity contribution in [1.82, 2.24) is 10.2 Å². The third-order valence-corrected chi connectivity index (χ3v) is 0.948. The van der Waals surface area contributed by atoms with Crippen LogP contribution in [0.25, 0.3) is 0 Å². The molecule has 0 spiro atoms. The number of hydrogen-bond acceptors (Lipinski definition) is 3. The summed E-state index contributed by atoms with van der Waals surface area (Å²) in [4.78, 5) is 0. The molecule has 0 rings (SSSR count). The second kappa shape index (κ2) is 6.43. The number of nitrogens with zero attached hydrogens (tertiary/aromatic N) is 1. The third kappa shape index (κ3) is 8.31. The zero-order valence-electron chi connectivity index (χ0n) is 6.76. The molecule has 0 aliphatic heterocycles. The fourth-order valence-electron chi connectivity index (χ4n) is 0.406. The van der Waals surface area contributed by atoms with Crippen molar-refractivity contribution < 1.29 is 6.11 Å². The predicted octanol–water partition coefficient (Wildman–Crippen LogP) is 0.249. The zero-order valence-corrected chi connectivity index (χ0v) is 6.92. The van der Waals surface area contributed by atoms with Gasteiger partial charge in [-0.25, -0.2) is 4.78 Å². The molecule has 3 nitrogen and oxygen atoms in total. The molecule has 0 heterocycles. The van der Waals surface area contributed by atoms with E-state index in [-0.39, 0.29) is 7.02 Å². The molecule has 0 amide bonds. The van der Waals surface area contributed by atoms with Crippen LogP contribution >= 0.6 is 9.39 Å². The Morgan fingerprint density at radius 2 is 2.67 bits per heavy atom. The summed E-state index contributed by atoms with van der Waals surface area (Å²) in [6, 6.07) is 0. The van der Waals surface area contributed by atoms with Crippen LogP contribution in [0.5, 0.6) is 0 Å². The summed E-state index contributed by atoms with van der Waals surface area (Å²) in [7, 11) is 2.63. The Bertz CT molecular complexity index is 76.7. The minimum atomic E-state index is 0.233. The molecule has 0 aliphatic rings. The molecule has 1 unspecified atom stereocenters. The molecule has 1 N–H and O–H groups in total. The molecule has 0 saturated heterocycles. The van der Waals surface area contributed by atoms with Crippen molar-refractivity contribution in [2.24, 2.45) is 0 Å². The zero-order chi connectivity index (χ0) is 7.82. The van der Waals surface area contributed by atoms with Gasteiger partial charge in [0, 0.05) is 21.5 Å². The lowest BCUT2D eigenvalue weighted by Gasteiger charge is -2.10. The molecule has 0 aliphatic carbocycles. The van der Waals surface area contributed by atoms with Gasteiger partial charge in [0.15, 0.2) is 0 Å². The van der Waals surface area contributed by atoms with Crippen molar-refractivity contribution >= 4 is 9.39 Å². The number of hydrogen-bond donors (Lipinski definition) is 1. The SMILES string of the molecule is [2H]CN(P)NCCOCC. The fraction of sp³-hybridized carbons (Fsp3) is 1.00. The highest BCUT2D eigenvalue weighted by Crippen LogP contribution is 1.82. The second-order valence-corrected chi connectivity index (χ2v) is 2.20. The van der Waals surface area contributed by atoms with Gasteiger partial charge < -0.3 is 4.74 Å². The quantitative estimate of drug-likeness (QED) is 0.346. The van der Waals surface area contributed by atoms with E-state index in [1.54, 1.807) is 4.78 Å². The monoisotopic (exact) mass is 151 g/mol. The summed E-state index contributed by atoms with van der Waals surface area (Å²) >= 11 is 0. The molecule has 0 aromatic rings. The molecule has 0 aromatic carbocycles. The van der Waals surface area contributed by atoms with E-state index in [1.165, 1.54) is 0 Å². The molecule has 1 atom stereocenters. The number of ether oxygens (including phenoxy) is 1. The largest absolute Gasteiger partial charge is 0.380 e. The normalized spacial score (nSPS) is 12.1. The first-order valence-corrected chi connectivity index (χ1v) is 3.45. The molecule has 0 aromatic heterocycles. The summed E-state index contributed by atoms with van der Waals surface area (Å²) < 4.78 is 13.6. The summed E-state index contributed by atoms with van der Waals surface area (Å²) in [6.07, 6.45) is 0. The number of nitrogens with one attached hydrogen (secondary N) is 1. The highest BCUT2D eigenvalue weighted by atomic mass is 31.0. The van der Waals surface area contributed by atoms with Crippen LogP contribution in [0.15, 0.2) is 0 Å². The summed E-state index contributed by atoms with van der Waals surface area (Å²) in [5.41, 5.74) is 2.95. The Hall–Kier alpha value is 0.310. The molecule has 56 valence electrons. The number of hydrazine groups is 1. The Labute approximate surface area is 60.4 Å². The lowest BCUT2D eigenvalue weighted by atomic mass is 10.7. The van der Waals surface area contributed by atoms with Gasteiger partial charge in [0.25, 0.3) is 0 Å². The van der Waals surface area contributed by atoms with E-state index in [4.69, 9.17) is 6.11 Å². The van der Waals surface area contributed by atoms with Gasteiger partial charge in [0.1, 0.15) is 0 Å². The van der Waals surface area contributed by atoms with Crippen LogP contribution in [0.4, 0.5) is 0 Å². The van der Waals surface area contributed by atoms with E-state index in [0.717, 1.165) is 13.2 Å². The minimum absolute atomic E-state index is 0.233. The van der Waals surface area contributed by atoms with E-state index in [0.29, 0.717) is 6.61 Å². The first-order valence-electron chi connectivity index (χ1n) is 3.64. The molecule has 4 heteroatoms. The van der Waals surface area contributed by atoms with Crippen molar-refractivity contribution in [3.8, 4) is 0 Å². The van der Waals surface area contributed by atoms with Gasteiger partial charge in [-0.1, -0.05) is 0 Å². The van der Waals surface area contributed by atoms with Crippen LogP contribution in [-0.2, 0) is 4.74 Å². The maximum Gasteiger partial charge on any atom is 0.0604 e. The Morgan fingerprint density at radius 3 is 3.22 bits per heavy atom. The van der Waals surface area contributed by atoms with Gasteiger partial charge in [-0.2, -0.15) is 0 Å². The maximum absolute atomic E-state index is 6.89. The van der Waals surface area contributed by atoms with E-state index >= 15 is 0 Å². The third-order valence-electron chi connectivity index (χ3n) is 0.765. The van der Waals surface area contributed by atoms with Crippen molar-refractivity contribution in [2.75, 3.05) is 26.8 Å². The van der Waals surface area contributed by atoms with E-state index in [2.05, 4.69) is 14.8 Å². The Morgan fingerprint density at radius 1 is 1.89 bits per heavy atom. The maximum atomic E-state index is 6.89. The smallest absolute Gasteiger partial charge is 0.0604 e. The second-order valence-electron chi connectivity index (χ2n) is 1.57. The van der Waals surface area contributed by atoms with Gasteiger partial charge in [-0.15, -0.1) is 0 Å². The van der Waals surface area contributed by atoms with Crippen LogP contribution in [0.3, 0.4) is 0 Å². The number of rotatable bonds is 5. The van der Waals surface area contributed by atoms with Gasteiger partial charge >= 0.3 is 0 Å². The first kappa shape index (κ1) is 7.42. The average molecular weight is 151 g/mol. The van der Waals surface area contributed by atoms with Crippen LogP contribution in [0.2, 0.25) is 0 Å². The highest BCUT2D eigenvalue weighted by molar-refractivity contribution is 7.13.